The Morgan fingerprint density at radius 2 is 2.00 bits per heavy atom. The first-order chi connectivity index (χ1) is 10.4. The van der Waals surface area contributed by atoms with Crippen molar-refractivity contribution in [1.29, 1.82) is 0 Å². The van der Waals surface area contributed by atoms with Crippen LogP contribution in [0.15, 0.2) is 28.7 Å². The number of benzene rings is 1. The Balaban J connectivity index is 2.01. The zero-order chi connectivity index (χ0) is 16.3. The lowest BCUT2D eigenvalue weighted by atomic mass is 10.0. The van der Waals surface area contributed by atoms with Crippen LogP contribution in [0.4, 0.5) is 10.5 Å². The van der Waals surface area contributed by atoms with Crippen molar-refractivity contribution in [2.45, 2.75) is 12.5 Å². The van der Waals surface area contributed by atoms with Gasteiger partial charge in [-0.05, 0) is 31.2 Å². The zero-order valence-electron chi connectivity index (χ0n) is 12.2. The summed E-state index contributed by atoms with van der Waals surface area (Å²) in [6.07, 6.45) is 0. The van der Waals surface area contributed by atoms with E-state index in [1.54, 1.807) is 31.2 Å². The maximum Gasteiger partial charge on any atom is 0.325 e. The van der Waals surface area contributed by atoms with Crippen LogP contribution >= 0.6 is 15.9 Å². The first-order valence-electron chi connectivity index (χ1n) is 6.54. The third kappa shape index (κ3) is 3.45. The minimum Gasteiger partial charge on any atom is -0.382 e. The van der Waals surface area contributed by atoms with Crippen molar-refractivity contribution in [2.24, 2.45) is 0 Å². The lowest BCUT2D eigenvalue weighted by molar-refractivity contribution is -0.134. The van der Waals surface area contributed by atoms with E-state index in [2.05, 4.69) is 26.6 Å². The third-order valence-corrected chi connectivity index (χ3v) is 3.74. The molecule has 22 heavy (non-hydrogen) atoms. The fourth-order valence-electron chi connectivity index (χ4n) is 2.15. The normalized spacial score (nSPS) is 21.0. The van der Waals surface area contributed by atoms with Gasteiger partial charge in [-0.3, -0.25) is 14.5 Å². The molecule has 2 N–H and O–H groups in total. The number of urea groups is 1. The average molecular weight is 370 g/mol. The molecule has 4 amide bonds. The van der Waals surface area contributed by atoms with E-state index in [4.69, 9.17) is 4.74 Å². The molecule has 7 nitrogen and oxygen atoms in total. The van der Waals surface area contributed by atoms with Gasteiger partial charge < -0.3 is 15.4 Å². The fourth-order valence-corrected chi connectivity index (χ4v) is 2.42. The van der Waals surface area contributed by atoms with Gasteiger partial charge in [0, 0.05) is 17.3 Å². The number of carbonyl (C=O) groups is 3. The largest absolute Gasteiger partial charge is 0.382 e. The summed E-state index contributed by atoms with van der Waals surface area (Å²) in [4.78, 5) is 37.0. The van der Waals surface area contributed by atoms with Gasteiger partial charge in [0.25, 0.3) is 5.91 Å². The summed E-state index contributed by atoms with van der Waals surface area (Å²) in [5, 5.41) is 5.17. The van der Waals surface area contributed by atoms with Crippen LogP contribution in [0.25, 0.3) is 0 Å². The lowest BCUT2D eigenvalue weighted by Gasteiger charge is -2.20. The van der Waals surface area contributed by atoms with E-state index in [1.165, 1.54) is 7.11 Å². The molecule has 1 aromatic rings. The number of nitrogens with one attached hydrogen (secondary N) is 2. The molecule has 0 spiro atoms. The molecule has 0 aromatic heterocycles. The number of ether oxygens (including phenoxy) is 1. The standard InChI is InChI=1S/C14H16BrN3O4/c1-14(8-22-2)12(20)18(13(21)17-14)7-11(19)16-10-5-3-9(15)4-6-10/h3-6H,7-8H2,1-2H3,(H,16,19)(H,17,21). The topological polar surface area (TPSA) is 87.7 Å². The quantitative estimate of drug-likeness (QED) is 0.766. The van der Waals surface area contributed by atoms with E-state index < -0.39 is 23.4 Å². The highest BCUT2D eigenvalue weighted by Gasteiger charge is 2.48. The summed E-state index contributed by atoms with van der Waals surface area (Å²) in [6, 6.07) is 6.37. The van der Waals surface area contributed by atoms with E-state index in [1.807, 2.05) is 0 Å². The summed E-state index contributed by atoms with van der Waals surface area (Å²) >= 11 is 3.30. The van der Waals surface area contributed by atoms with Gasteiger partial charge in [-0.15, -0.1) is 0 Å². The van der Waals surface area contributed by atoms with E-state index in [0.717, 1.165) is 9.37 Å². The summed E-state index contributed by atoms with van der Waals surface area (Å²) in [5.74, 6) is -0.933. The van der Waals surface area contributed by atoms with E-state index in [0.29, 0.717) is 5.69 Å². The number of hydrogen-bond donors (Lipinski definition) is 2. The molecule has 1 saturated heterocycles. The predicted molar refractivity (Wildman–Crippen MR) is 83.3 cm³/mol. The first kappa shape index (κ1) is 16.4. The molecule has 1 aliphatic heterocycles. The van der Waals surface area contributed by atoms with Gasteiger partial charge in [0.1, 0.15) is 12.1 Å². The smallest absolute Gasteiger partial charge is 0.325 e. The highest BCUT2D eigenvalue weighted by Crippen LogP contribution is 2.18. The minimum absolute atomic E-state index is 0.0441. The predicted octanol–water partition coefficient (Wildman–Crippen LogP) is 1.34. The van der Waals surface area contributed by atoms with Crippen LogP contribution in [-0.4, -0.2) is 48.5 Å². The van der Waals surface area contributed by atoms with Crippen molar-refractivity contribution in [3.63, 3.8) is 0 Å². The Hall–Kier alpha value is -1.93. The molecule has 1 aromatic carbocycles. The SMILES string of the molecule is COCC1(C)NC(=O)N(CC(=O)Nc2ccc(Br)cc2)C1=O. The number of imide groups is 1. The molecule has 0 bridgehead atoms. The summed E-state index contributed by atoms with van der Waals surface area (Å²) in [5.41, 5.74) is -0.552. The number of halogens is 1. The van der Waals surface area contributed by atoms with Crippen LogP contribution in [0, 0.1) is 0 Å². The number of nitrogens with zero attached hydrogens (tertiary/aromatic N) is 1. The second kappa shape index (κ2) is 6.45. The fraction of sp³-hybridized carbons (Fsp3) is 0.357. The van der Waals surface area contributed by atoms with Crippen molar-refractivity contribution in [3.8, 4) is 0 Å². The molecule has 0 aliphatic carbocycles. The molecular weight excluding hydrogens is 354 g/mol. The molecular formula is C14H16BrN3O4. The number of carbonyl (C=O) groups excluding carboxylic acids is 3. The monoisotopic (exact) mass is 369 g/mol. The number of rotatable bonds is 5. The Morgan fingerprint density at radius 1 is 1.36 bits per heavy atom. The van der Waals surface area contributed by atoms with Crippen LogP contribution in [-0.2, 0) is 14.3 Å². The van der Waals surface area contributed by atoms with Crippen LogP contribution < -0.4 is 10.6 Å². The second-order valence-electron chi connectivity index (χ2n) is 5.14. The molecule has 0 saturated carbocycles. The van der Waals surface area contributed by atoms with Crippen LogP contribution in [0.3, 0.4) is 0 Å². The number of hydrogen-bond acceptors (Lipinski definition) is 4. The molecule has 8 heteroatoms. The van der Waals surface area contributed by atoms with Gasteiger partial charge in [0.2, 0.25) is 5.91 Å². The van der Waals surface area contributed by atoms with Crippen molar-refractivity contribution in [1.82, 2.24) is 10.2 Å². The number of amides is 4. The highest BCUT2D eigenvalue weighted by molar-refractivity contribution is 9.10. The molecule has 0 radical (unpaired) electrons. The van der Waals surface area contributed by atoms with Gasteiger partial charge in [0.05, 0.1) is 6.61 Å². The van der Waals surface area contributed by atoms with E-state index in [9.17, 15) is 14.4 Å². The van der Waals surface area contributed by atoms with Gasteiger partial charge in [0.15, 0.2) is 0 Å². The Labute approximate surface area is 136 Å². The Morgan fingerprint density at radius 3 is 2.59 bits per heavy atom. The molecule has 1 fully saturated rings. The Bertz CT molecular complexity index is 605. The molecule has 1 heterocycles. The summed E-state index contributed by atoms with van der Waals surface area (Å²) in [7, 11) is 1.44. The number of methoxy groups -OCH3 is 1. The van der Waals surface area contributed by atoms with Gasteiger partial charge in [-0.25, -0.2) is 4.79 Å². The molecule has 1 unspecified atom stereocenters. The molecule has 1 aliphatic rings. The van der Waals surface area contributed by atoms with Crippen molar-refractivity contribution < 1.29 is 19.1 Å². The van der Waals surface area contributed by atoms with E-state index >= 15 is 0 Å². The average Bonchev–Trinajstić information content (AvgIpc) is 2.65. The van der Waals surface area contributed by atoms with Gasteiger partial charge in [-0.1, -0.05) is 15.9 Å². The summed E-state index contributed by atoms with van der Waals surface area (Å²) in [6.45, 7) is 1.26. The third-order valence-electron chi connectivity index (χ3n) is 3.21. The van der Waals surface area contributed by atoms with Crippen molar-refractivity contribution >= 4 is 39.5 Å². The molecule has 2 rings (SSSR count). The van der Waals surface area contributed by atoms with Crippen molar-refractivity contribution in [3.05, 3.63) is 28.7 Å². The van der Waals surface area contributed by atoms with E-state index in [-0.39, 0.29) is 13.2 Å². The maximum atomic E-state index is 12.2. The Kier molecular flexibility index (Phi) is 4.82. The first-order valence-corrected chi connectivity index (χ1v) is 7.33. The van der Waals surface area contributed by atoms with Crippen molar-refractivity contribution in [2.75, 3.05) is 25.6 Å². The molecule has 1 atom stereocenters. The zero-order valence-corrected chi connectivity index (χ0v) is 13.8. The number of anilines is 1. The van der Waals surface area contributed by atoms with Gasteiger partial charge >= 0.3 is 6.03 Å². The van der Waals surface area contributed by atoms with Crippen LogP contribution in [0.2, 0.25) is 0 Å². The maximum absolute atomic E-state index is 12.2. The molecule has 118 valence electrons. The van der Waals surface area contributed by atoms with Crippen LogP contribution in [0.1, 0.15) is 6.92 Å². The highest BCUT2D eigenvalue weighted by atomic mass is 79.9. The van der Waals surface area contributed by atoms with Gasteiger partial charge in [-0.2, -0.15) is 0 Å². The summed E-state index contributed by atoms with van der Waals surface area (Å²) < 4.78 is 5.82. The second-order valence-corrected chi connectivity index (χ2v) is 6.06. The minimum atomic E-state index is -1.14. The van der Waals surface area contributed by atoms with Crippen LogP contribution in [0.5, 0.6) is 0 Å². The lowest BCUT2D eigenvalue weighted by Crippen LogP contribution is -2.48.